The molecule has 0 fully saturated rings. The number of nitrogens with one attached hydrogen (secondary N) is 1. The lowest BCUT2D eigenvalue weighted by molar-refractivity contribution is -0.137. The van der Waals surface area contributed by atoms with Crippen molar-refractivity contribution < 1.29 is 22.7 Å². The maximum atomic E-state index is 13.9. The SMILES string of the molecule is C[C@H](Nc1cc(-c2nc(C3=CCN(C(=O)OC(C)(C)C)CC3)n3cnnc3c2-c2cccc(C(F)(F)F)c2)ccn1)c1ccccc1. The first-order valence-electron chi connectivity index (χ1n) is 15.2. The van der Waals surface area contributed by atoms with Gasteiger partial charge >= 0.3 is 12.3 Å². The fraction of sp³-hybridized carbons (Fsp3) is 0.286. The van der Waals surface area contributed by atoms with Crippen LogP contribution in [-0.4, -0.2) is 54.2 Å². The van der Waals surface area contributed by atoms with E-state index in [4.69, 9.17) is 9.72 Å². The Balaban J connectivity index is 1.46. The van der Waals surface area contributed by atoms with Gasteiger partial charge in [0.15, 0.2) is 5.65 Å². The zero-order valence-corrected chi connectivity index (χ0v) is 26.4. The number of nitrogens with zero attached hydrogens (tertiary/aromatic N) is 6. The van der Waals surface area contributed by atoms with Crippen molar-refractivity contribution in [3.05, 3.63) is 102 Å². The van der Waals surface area contributed by atoms with Crippen molar-refractivity contribution in [1.82, 2.24) is 29.5 Å². The predicted molar refractivity (Wildman–Crippen MR) is 173 cm³/mol. The number of pyridine rings is 1. The maximum absolute atomic E-state index is 13.9. The summed E-state index contributed by atoms with van der Waals surface area (Å²) in [5.41, 5.74) is 2.61. The lowest BCUT2D eigenvalue weighted by Crippen LogP contribution is -2.39. The number of halogens is 3. The zero-order valence-electron chi connectivity index (χ0n) is 26.4. The molecule has 0 saturated heterocycles. The van der Waals surface area contributed by atoms with Gasteiger partial charge in [-0.25, -0.2) is 14.8 Å². The molecule has 0 aliphatic carbocycles. The number of fused-ring (bicyclic) bond motifs is 1. The Hall–Kier alpha value is -5.26. The van der Waals surface area contributed by atoms with E-state index in [0.29, 0.717) is 59.2 Å². The number of anilines is 1. The minimum Gasteiger partial charge on any atom is -0.444 e. The minimum atomic E-state index is -4.54. The first-order valence-corrected chi connectivity index (χ1v) is 15.2. The average molecular weight is 642 g/mol. The Bertz CT molecular complexity index is 1950. The van der Waals surface area contributed by atoms with Gasteiger partial charge in [-0.05, 0) is 75.1 Å². The van der Waals surface area contributed by atoms with Crippen molar-refractivity contribution in [2.45, 2.75) is 51.9 Å². The normalized spacial score (nSPS) is 14.5. The molecule has 0 saturated carbocycles. The van der Waals surface area contributed by atoms with Gasteiger partial charge in [-0.2, -0.15) is 13.2 Å². The first kappa shape index (κ1) is 31.7. The highest BCUT2D eigenvalue weighted by atomic mass is 19.4. The van der Waals surface area contributed by atoms with E-state index in [1.807, 2.05) is 70.2 Å². The number of carbonyl (C=O) groups is 1. The van der Waals surface area contributed by atoms with Crippen molar-refractivity contribution in [1.29, 1.82) is 0 Å². The molecule has 242 valence electrons. The molecule has 12 heteroatoms. The van der Waals surface area contributed by atoms with E-state index in [2.05, 4.69) is 20.5 Å². The highest BCUT2D eigenvalue weighted by molar-refractivity contribution is 5.91. The largest absolute Gasteiger partial charge is 0.444 e. The smallest absolute Gasteiger partial charge is 0.416 e. The number of alkyl halides is 3. The molecule has 1 amide bonds. The van der Waals surface area contributed by atoms with E-state index < -0.39 is 23.4 Å². The molecule has 9 nitrogen and oxygen atoms in total. The van der Waals surface area contributed by atoms with Crippen LogP contribution >= 0.6 is 0 Å². The summed E-state index contributed by atoms with van der Waals surface area (Å²) in [7, 11) is 0. The van der Waals surface area contributed by atoms with Crippen molar-refractivity contribution in [3.8, 4) is 22.4 Å². The second-order valence-electron chi connectivity index (χ2n) is 12.4. The molecule has 47 heavy (non-hydrogen) atoms. The summed E-state index contributed by atoms with van der Waals surface area (Å²) in [5.74, 6) is 1.10. The number of hydrogen-bond donors (Lipinski definition) is 1. The average Bonchev–Trinajstić information content (AvgIpc) is 3.53. The highest BCUT2D eigenvalue weighted by Gasteiger charge is 2.32. The van der Waals surface area contributed by atoms with Crippen LogP contribution in [0.25, 0.3) is 33.6 Å². The third-order valence-corrected chi connectivity index (χ3v) is 7.78. The summed E-state index contributed by atoms with van der Waals surface area (Å²) in [6.07, 6.45) is 0.572. The monoisotopic (exact) mass is 641 g/mol. The van der Waals surface area contributed by atoms with Crippen LogP contribution in [0.2, 0.25) is 0 Å². The van der Waals surface area contributed by atoms with Crippen LogP contribution in [0.3, 0.4) is 0 Å². The molecule has 5 aromatic rings. The molecule has 1 aliphatic heterocycles. The Morgan fingerprint density at radius 2 is 1.79 bits per heavy atom. The second-order valence-corrected chi connectivity index (χ2v) is 12.4. The van der Waals surface area contributed by atoms with Crippen LogP contribution in [0.15, 0.2) is 85.3 Å². The number of ether oxygens (including phenoxy) is 1. The fourth-order valence-electron chi connectivity index (χ4n) is 5.50. The molecule has 2 aromatic carbocycles. The van der Waals surface area contributed by atoms with Gasteiger partial charge in [0.1, 0.15) is 23.6 Å². The van der Waals surface area contributed by atoms with Crippen LogP contribution in [-0.2, 0) is 10.9 Å². The molecular weight excluding hydrogens is 607 g/mol. The van der Waals surface area contributed by atoms with Gasteiger partial charge in [-0.1, -0.05) is 48.5 Å². The van der Waals surface area contributed by atoms with Gasteiger partial charge in [0.25, 0.3) is 0 Å². The van der Waals surface area contributed by atoms with Crippen molar-refractivity contribution in [2.24, 2.45) is 0 Å². The molecule has 0 radical (unpaired) electrons. The number of amides is 1. The van der Waals surface area contributed by atoms with Crippen LogP contribution in [0.5, 0.6) is 0 Å². The summed E-state index contributed by atoms with van der Waals surface area (Å²) in [6, 6.07) is 18.6. The fourth-order valence-corrected chi connectivity index (χ4v) is 5.50. The number of rotatable bonds is 6. The zero-order chi connectivity index (χ0) is 33.3. The summed E-state index contributed by atoms with van der Waals surface area (Å²) in [4.78, 5) is 23.9. The van der Waals surface area contributed by atoms with Crippen LogP contribution in [0, 0.1) is 0 Å². The first-order chi connectivity index (χ1) is 22.4. The molecule has 0 bridgehead atoms. The maximum Gasteiger partial charge on any atom is 0.416 e. The number of hydrogen-bond acceptors (Lipinski definition) is 7. The van der Waals surface area contributed by atoms with Gasteiger partial charge in [-0.3, -0.25) is 4.40 Å². The lowest BCUT2D eigenvalue weighted by atomic mass is 9.97. The Morgan fingerprint density at radius 3 is 2.49 bits per heavy atom. The van der Waals surface area contributed by atoms with Gasteiger partial charge < -0.3 is 15.0 Å². The summed E-state index contributed by atoms with van der Waals surface area (Å²) in [5, 5.41) is 11.9. The van der Waals surface area contributed by atoms with Crippen LogP contribution in [0.4, 0.5) is 23.8 Å². The number of aromatic nitrogens is 5. The van der Waals surface area contributed by atoms with Gasteiger partial charge in [0.05, 0.1) is 16.8 Å². The van der Waals surface area contributed by atoms with Crippen molar-refractivity contribution in [2.75, 3.05) is 18.4 Å². The quantitative estimate of drug-likeness (QED) is 0.200. The molecule has 1 atom stereocenters. The van der Waals surface area contributed by atoms with Crippen molar-refractivity contribution >= 4 is 23.1 Å². The van der Waals surface area contributed by atoms with E-state index in [1.165, 1.54) is 12.4 Å². The van der Waals surface area contributed by atoms with E-state index in [-0.39, 0.29) is 6.04 Å². The van der Waals surface area contributed by atoms with Gasteiger partial charge in [0.2, 0.25) is 0 Å². The highest BCUT2D eigenvalue weighted by Crippen LogP contribution is 2.39. The molecule has 0 spiro atoms. The molecule has 1 N–H and O–H groups in total. The third-order valence-electron chi connectivity index (χ3n) is 7.78. The summed E-state index contributed by atoms with van der Waals surface area (Å²) < 4.78 is 48.8. The molecule has 1 aliphatic rings. The Labute approximate surface area is 270 Å². The molecule has 0 unspecified atom stereocenters. The van der Waals surface area contributed by atoms with Crippen LogP contribution < -0.4 is 5.32 Å². The molecular formula is C35H34F3N7O2. The van der Waals surface area contributed by atoms with Crippen molar-refractivity contribution in [3.63, 3.8) is 0 Å². The summed E-state index contributed by atoms with van der Waals surface area (Å²) in [6.45, 7) is 8.18. The molecule has 3 aromatic heterocycles. The van der Waals surface area contributed by atoms with Gasteiger partial charge in [-0.15, -0.1) is 10.2 Å². The van der Waals surface area contributed by atoms with E-state index in [9.17, 15) is 18.0 Å². The van der Waals surface area contributed by atoms with Gasteiger partial charge in [0, 0.05) is 30.9 Å². The minimum absolute atomic E-state index is 0.0651. The second kappa shape index (κ2) is 12.5. The van der Waals surface area contributed by atoms with E-state index >= 15 is 0 Å². The summed E-state index contributed by atoms with van der Waals surface area (Å²) >= 11 is 0. The van der Waals surface area contributed by atoms with Crippen LogP contribution in [0.1, 0.15) is 57.1 Å². The third kappa shape index (κ3) is 6.96. The van der Waals surface area contributed by atoms with E-state index in [1.54, 1.807) is 27.6 Å². The standard InChI is InChI=1S/C35H34F3N7O2/c1-22(23-9-6-5-7-10-23)41-28-20-26(13-16-39-28)30-29(25-11-8-12-27(19-25)35(36,37)38)32-43-40-21-45(32)31(42-30)24-14-17-44(18-15-24)33(46)47-34(2,3)4/h5-14,16,19-22H,15,17-18H2,1-4H3,(H,39,41)/t22-/m0/s1. The number of carbonyl (C=O) groups excluding carboxylic acids is 1. The molecule has 6 rings (SSSR count). The lowest BCUT2D eigenvalue weighted by Gasteiger charge is -2.29. The topological polar surface area (TPSA) is 97.5 Å². The Morgan fingerprint density at radius 1 is 1.00 bits per heavy atom. The number of benzene rings is 2. The Kier molecular flexibility index (Phi) is 8.43. The predicted octanol–water partition coefficient (Wildman–Crippen LogP) is 8.07. The van der Waals surface area contributed by atoms with E-state index in [0.717, 1.165) is 23.3 Å². The molecule has 4 heterocycles.